The quantitative estimate of drug-likeness (QED) is 0.135. The summed E-state index contributed by atoms with van der Waals surface area (Å²) in [7, 11) is 0. The number of hydrogen-bond acceptors (Lipinski definition) is 21. The summed E-state index contributed by atoms with van der Waals surface area (Å²) in [5.74, 6) is -6.40. The molecular formula is C39H44O21. The Kier molecular flexibility index (Phi) is 14.2. The fraction of sp³-hybridized carbons (Fsp3) is 0.538. The second kappa shape index (κ2) is 18.9. The summed E-state index contributed by atoms with van der Waals surface area (Å²) in [6, 6.07) is 3.00. The first-order chi connectivity index (χ1) is 28.2. The number of esters is 7. The van der Waals surface area contributed by atoms with E-state index in [0.29, 0.717) is 21.9 Å². The SMILES string of the molecule is CC(=O)OC[C@H]1O[C@H](O[C@H]2[C@H](OC(C)=O)[C@@H](OC(C)=O)[C@H](Oc3c4occ(C)c4cc4c(C)cc(=O)oc34)O[C@@H]2COC(C)=O)[C@H](OC(C)=O)[C@@H](OC(C)=O)[C@@H]1OC(C)=O. The minimum Gasteiger partial charge on any atom is -0.463 e. The van der Waals surface area contributed by atoms with Gasteiger partial charge in [0.25, 0.3) is 0 Å². The Labute approximate surface area is 340 Å². The normalized spacial score (nSPS) is 26.4. The molecule has 21 heteroatoms. The smallest absolute Gasteiger partial charge is 0.336 e. The third kappa shape index (κ3) is 10.6. The Morgan fingerprint density at radius 2 is 0.983 bits per heavy atom. The van der Waals surface area contributed by atoms with E-state index < -0.39 is 122 Å². The molecule has 2 aliphatic heterocycles. The number of ether oxygens (including phenoxy) is 11. The molecule has 2 saturated heterocycles. The van der Waals surface area contributed by atoms with Gasteiger partial charge in [0, 0.05) is 65.3 Å². The molecule has 2 fully saturated rings. The Morgan fingerprint density at radius 3 is 1.52 bits per heavy atom. The predicted octanol–water partition coefficient (Wildman–Crippen LogP) is 2.15. The predicted molar refractivity (Wildman–Crippen MR) is 196 cm³/mol. The zero-order valence-electron chi connectivity index (χ0n) is 34.0. The van der Waals surface area contributed by atoms with Crippen molar-refractivity contribution in [2.24, 2.45) is 0 Å². The largest absolute Gasteiger partial charge is 0.463 e. The number of hydrogen-bond donors (Lipinski definition) is 0. The Bertz CT molecular complexity index is 2200. The Balaban J connectivity index is 1.67. The molecule has 0 saturated carbocycles. The highest BCUT2D eigenvalue weighted by Crippen LogP contribution is 2.41. The number of carbonyl (C=O) groups excluding carboxylic acids is 7. The van der Waals surface area contributed by atoms with E-state index >= 15 is 0 Å². The number of carbonyl (C=O) groups is 7. The Morgan fingerprint density at radius 1 is 0.533 bits per heavy atom. The van der Waals surface area contributed by atoms with Crippen molar-refractivity contribution in [2.45, 2.75) is 124 Å². The van der Waals surface area contributed by atoms with Gasteiger partial charge in [-0.1, -0.05) is 0 Å². The maximum Gasteiger partial charge on any atom is 0.336 e. The minimum atomic E-state index is -1.88. The lowest BCUT2D eigenvalue weighted by atomic mass is 9.96. The van der Waals surface area contributed by atoms with Gasteiger partial charge >= 0.3 is 47.4 Å². The van der Waals surface area contributed by atoms with Crippen LogP contribution in [0, 0.1) is 13.8 Å². The number of fused-ring (bicyclic) bond motifs is 2. The fourth-order valence-corrected chi connectivity index (χ4v) is 6.81. The maximum absolute atomic E-state index is 12.9. The van der Waals surface area contributed by atoms with Gasteiger partial charge in [-0.3, -0.25) is 33.6 Å². The van der Waals surface area contributed by atoms with Gasteiger partial charge < -0.3 is 60.9 Å². The van der Waals surface area contributed by atoms with E-state index in [9.17, 15) is 38.4 Å². The molecule has 0 N–H and O–H groups in total. The molecule has 0 radical (unpaired) electrons. The monoisotopic (exact) mass is 848 g/mol. The number of aryl methyl sites for hydroxylation is 2. The van der Waals surface area contributed by atoms with Crippen LogP contribution < -0.4 is 10.4 Å². The third-order valence-electron chi connectivity index (χ3n) is 9.05. The van der Waals surface area contributed by atoms with Crippen LogP contribution >= 0.6 is 0 Å². The van der Waals surface area contributed by atoms with E-state index in [1.54, 1.807) is 19.9 Å². The molecule has 0 aliphatic carbocycles. The molecule has 5 rings (SSSR count). The van der Waals surface area contributed by atoms with Crippen molar-refractivity contribution in [1.29, 1.82) is 0 Å². The molecule has 2 aliphatic rings. The molecule has 0 bridgehead atoms. The molecule has 10 atom stereocenters. The molecule has 2 aromatic heterocycles. The molecule has 0 spiro atoms. The van der Waals surface area contributed by atoms with Crippen LogP contribution in [0.4, 0.5) is 0 Å². The third-order valence-corrected chi connectivity index (χ3v) is 9.05. The van der Waals surface area contributed by atoms with Crippen LogP contribution in [0.3, 0.4) is 0 Å². The van der Waals surface area contributed by atoms with Gasteiger partial charge in [0.2, 0.25) is 18.1 Å². The lowest BCUT2D eigenvalue weighted by Crippen LogP contribution is -2.67. The van der Waals surface area contributed by atoms with Gasteiger partial charge in [0.15, 0.2) is 41.9 Å². The fourth-order valence-electron chi connectivity index (χ4n) is 6.81. The van der Waals surface area contributed by atoms with E-state index in [1.165, 1.54) is 12.3 Å². The van der Waals surface area contributed by atoms with Crippen LogP contribution in [0.15, 0.2) is 32.0 Å². The van der Waals surface area contributed by atoms with Gasteiger partial charge in [-0.15, -0.1) is 0 Å². The average molecular weight is 849 g/mol. The molecule has 0 unspecified atom stereocenters. The summed E-state index contributed by atoms with van der Waals surface area (Å²) in [4.78, 5) is 99.8. The summed E-state index contributed by atoms with van der Waals surface area (Å²) in [6.07, 6.45) is -15.5. The first-order valence-electron chi connectivity index (χ1n) is 18.4. The Hall–Kier alpha value is -6.06. The highest BCUT2D eigenvalue weighted by atomic mass is 16.8. The minimum absolute atomic E-state index is 0.0801. The van der Waals surface area contributed by atoms with Crippen LogP contribution in [0.2, 0.25) is 0 Å². The average Bonchev–Trinajstić information content (AvgIpc) is 3.50. The molecule has 0 amide bonds. The first-order valence-corrected chi connectivity index (χ1v) is 18.4. The van der Waals surface area contributed by atoms with E-state index in [2.05, 4.69) is 0 Å². The van der Waals surface area contributed by atoms with Crippen molar-refractivity contribution in [3.63, 3.8) is 0 Å². The summed E-state index contributed by atoms with van der Waals surface area (Å²) < 4.78 is 75.0. The molecule has 4 heterocycles. The van der Waals surface area contributed by atoms with Crippen molar-refractivity contribution in [2.75, 3.05) is 13.2 Å². The topological polar surface area (TPSA) is 264 Å². The lowest BCUT2D eigenvalue weighted by Gasteiger charge is -2.48. The standard InChI is InChI=1S/C39H44O21/c1-15-10-28(47)58-30-24(15)11-25-16(2)12-50-29(25)33(30)60-39-37(55-23(9)46)35(53-21(7)44)32(27(57-39)14-49-18(4)41)59-38-36(54-22(8)45)34(52-20(6)43)31(51-19(5)42)26(56-38)13-48-17(3)40/h10-12,26-27,31-32,34-39H,13-14H2,1-9H3/t26-,27-,31-,32-,34+,35+,36-,37-,38-,39+/m1/s1. The van der Waals surface area contributed by atoms with Gasteiger partial charge in [0.1, 0.15) is 31.5 Å². The van der Waals surface area contributed by atoms with Crippen LogP contribution in [-0.2, 0) is 80.9 Å². The van der Waals surface area contributed by atoms with E-state index in [0.717, 1.165) is 48.5 Å². The summed E-state index contributed by atoms with van der Waals surface area (Å²) >= 11 is 0. The van der Waals surface area contributed by atoms with Crippen LogP contribution in [-0.4, -0.2) is 116 Å². The summed E-state index contributed by atoms with van der Waals surface area (Å²) in [6.45, 7) is 9.47. The van der Waals surface area contributed by atoms with Gasteiger partial charge in [-0.05, 0) is 31.0 Å². The van der Waals surface area contributed by atoms with E-state index in [4.69, 9.17) is 60.9 Å². The molecule has 326 valence electrons. The number of rotatable bonds is 13. The number of benzene rings is 1. The summed E-state index contributed by atoms with van der Waals surface area (Å²) in [5.41, 5.74) is 0.460. The molecular weight excluding hydrogens is 804 g/mol. The van der Waals surface area contributed by atoms with Gasteiger partial charge in [-0.25, -0.2) is 4.79 Å². The highest BCUT2D eigenvalue weighted by Gasteiger charge is 2.58. The lowest BCUT2D eigenvalue weighted by molar-refractivity contribution is -0.354. The van der Waals surface area contributed by atoms with Gasteiger partial charge in [0.05, 0.1) is 6.26 Å². The molecule has 21 nitrogen and oxygen atoms in total. The molecule has 3 aromatic rings. The van der Waals surface area contributed by atoms with E-state index in [-0.39, 0.29) is 16.9 Å². The van der Waals surface area contributed by atoms with Gasteiger partial charge in [-0.2, -0.15) is 0 Å². The van der Waals surface area contributed by atoms with Crippen LogP contribution in [0.5, 0.6) is 5.75 Å². The van der Waals surface area contributed by atoms with E-state index in [1.807, 2.05) is 0 Å². The van der Waals surface area contributed by atoms with Crippen molar-refractivity contribution in [3.05, 3.63) is 39.9 Å². The van der Waals surface area contributed by atoms with Crippen molar-refractivity contribution in [1.82, 2.24) is 0 Å². The highest BCUT2D eigenvalue weighted by molar-refractivity contribution is 6.02. The zero-order valence-corrected chi connectivity index (χ0v) is 34.0. The zero-order chi connectivity index (χ0) is 44.2. The summed E-state index contributed by atoms with van der Waals surface area (Å²) in [5, 5.41) is 0.992. The van der Waals surface area contributed by atoms with Crippen molar-refractivity contribution < 1.29 is 94.5 Å². The maximum atomic E-state index is 12.9. The van der Waals surface area contributed by atoms with Crippen molar-refractivity contribution >= 4 is 63.7 Å². The number of furan rings is 1. The molecule has 1 aromatic carbocycles. The van der Waals surface area contributed by atoms with Crippen LogP contribution in [0.25, 0.3) is 21.9 Å². The molecule has 60 heavy (non-hydrogen) atoms. The first kappa shape index (κ1) is 45.0. The second-order valence-corrected chi connectivity index (χ2v) is 13.9. The van der Waals surface area contributed by atoms with Crippen molar-refractivity contribution in [3.8, 4) is 5.75 Å². The second-order valence-electron chi connectivity index (χ2n) is 13.9. The van der Waals surface area contributed by atoms with Crippen LogP contribution in [0.1, 0.15) is 59.6 Å².